The van der Waals surface area contributed by atoms with Crippen molar-refractivity contribution in [2.24, 2.45) is 13.0 Å². The summed E-state index contributed by atoms with van der Waals surface area (Å²) >= 11 is 0. The Hall–Kier alpha value is -4.51. The van der Waals surface area contributed by atoms with E-state index >= 15 is 0 Å². The minimum Gasteiger partial charge on any atom is -0.311 e. The maximum atomic E-state index is 5.51. The topological polar surface area (TPSA) is 27.9 Å². The fraction of sp³-hybridized carbons (Fsp3) is 0.449. The van der Waals surface area contributed by atoms with Crippen LogP contribution in [0.3, 0.4) is 0 Å². The average molecular weight is 718 g/mol. The Labute approximate surface area is 322 Å². The second-order valence-electron chi connectivity index (χ2n) is 19.2. The largest absolute Gasteiger partial charge is 0.311 e. The molecule has 5 heteroatoms. The predicted octanol–water partition coefficient (Wildman–Crippen LogP) is 10.9. The van der Waals surface area contributed by atoms with Gasteiger partial charge in [-0.1, -0.05) is 97.0 Å². The number of nitrogens with zero attached hydrogens (tertiary/aromatic N) is 5. The van der Waals surface area contributed by atoms with E-state index in [1.807, 2.05) is 0 Å². The van der Waals surface area contributed by atoms with Crippen molar-refractivity contribution >= 4 is 49.7 Å². The summed E-state index contributed by atoms with van der Waals surface area (Å²) in [5.74, 6) is 0.760. The van der Waals surface area contributed by atoms with Crippen LogP contribution >= 0.6 is 0 Å². The number of hydrogen-bond donors (Lipinski definition) is 0. The second kappa shape index (κ2) is 11.0. The molecule has 278 valence electrons. The molecule has 3 aliphatic rings. The second-order valence-corrected chi connectivity index (χ2v) is 19.2. The van der Waals surface area contributed by atoms with Gasteiger partial charge in [0.1, 0.15) is 22.5 Å². The lowest BCUT2D eigenvalue weighted by Gasteiger charge is -2.39. The lowest BCUT2D eigenvalue weighted by Crippen LogP contribution is -2.63. The van der Waals surface area contributed by atoms with Gasteiger partial charge in [0.05, 0.1) is 5.52 Å². The van der Waals surface area contributed by atoms with Crippen molar-refractivity contribution in [2.45, 2.75) is 130 Å². The van der Waals surface area contributed by atoms with Gasteiger partial charge in [-0.25, -0.2) is 9.14 Å². The molecule has 0 N–H and O–H groups in total. The number of hydrogen-bond acceptors (Lipinski definition) is 2. The first-order chi connectivity index (χ1) is 25.4. The smallest absolute Gasteiger partial charge is 0.297 e. The van der Waals surface area contributed by atoms with Gasteiger partial charge in [0.2, 0.25) is 5.54 Å². The monoisotopic (exact) mass is 717 g/mol. The van der Waals surface area contributed by atoms with Crippen LogP contribution in [0.1, 0.15) is 113 Å². The van der Waals surface area contributed by atoms with E-state index < -0.39 is 5.66 Å². The molecule has 0 saturated heterocycles. The van der Waals surface area contributed by atoms with Crippen LogP contribution in [0.2, 0.25) is 0 Å². The number of allylic oxidation sites excluding steroid dienone is 1. The standard InChI is InChI=1S/C49H59N5/c1-28(2)33-25-52(30(5)6)49(53(26-33)31(7)8)47(12)42-36-22-18-17-21-35(36)39(46(9,10)11)24-38(42)44-41-37-23-32-19-15-16-20-34(32)40(29(3)4)43(37)51(14)45(41)50-27-54(44)48(47,49)13/h15-31H,1-14H3/q+2. The zero-order valence-electron chi connectivity index (χ0n) is 35.1. The average Bonchev–Trinajstić information content (AvgIpc) is 3.40. The van der Waals surface area contributed by atoms with Crippen molar-refractivity contribution in [3.05, 3.63) is 95.5 Å². The molecule has 3 atom stereocenters. The number of aryl methyl sites for hydroxylation is 1. The zero-order valence-corrected chi connectivity index (χ0v) is 35.1. The maximum Gasteiger partial charge on any atom is 0.297 e. The Morgan fingerprint density at radius 3 is 2.04 bits per heavy atom. The van der Waals surface area contributed by atoms with Crippen molar-refractivity contribution in [1.29, 1.82) is 0 Å². The summed E-state index contributed by atoms with van der Waals surface area (Å²) in [5, 5.41) is 7.92. The first-order valence-electron chi connectivity index (χ1n) is 20.4. The van der Waals surface area contributed by atoms with Gasteiger partial charge >= 0.3 is 0 Å². The molecule has 1 fully saturated rings. The van der Waals surface area contributed by atoms with Crippen LogP contribution in [0.25, 0.3) is 54.7 Å². The summed E-state index contributed by atoms with van der Waals surface area (Å²) in [4.78, 5) is 8.25. The summed E-state index contributed by atoms with van der Waals surface area (Å²) in [7, 11) is 2.24. The highest BCUT2D eigenvalue weighted by Crippen LogP contribution is 2.76. The molecule has 9 rings (SSSR count). The third-order valence-corrected chi connectivity index (χ3v) is 14.0. The van der Waals surface area contributed by atoms with E-state index in [1.54, 1.807) is 0 Å². The zero-order chi connectivity index (χ0) is 38.6. The normalized spacial score (nSPS) is 23.7. The van der Waals surface area contributed by atoms with E-state index in [1.165, 1.54) is 71.4 Å². The van der Waals surface area contributed by atoms with Gasteiger partial charge < -0.3 is 9.47 Å². The molecule has 1 spiro atoms. The fourth-order valence-corrected chi connectivity index (χ4v) is 11.6. The minimum atomic E-state index is -0.396. The highest BCUT2D eigenvalue weighted by Gasteiger charge is 3.00. The molecule has 4 heterocycles. The van der Waals surface area contributed by atoms with Crippen LogP contribution in [0.15, 0.2) is 78.8 Å². The molecule has 1 saturated carbocycles. The Bertz CT molecular complexity index is 2660. The van der Waals surface area contributed by atoms with Crippen molar-refractivity contribution in [1.82, 2.24) is 14.5 Å². The van der Waals surface area contributed by atoms with E-state index in [-0.39, 0.29) is 28.5 Å². The number of benzene rings is 4. The van der Waals surface area contributed by atoms with Gasteiger partial charge in [-0.05, 0) is 114 Å². The molecule has 0 amide bonds. The lowest BCUT2D eigenvalue weighted by molar-refractivity contribution is -0.771. The molecule has 2 aromatic heterocycles. The molecule has 4 aromatic carbocycles. The first-order valence-corrected chi connectivity index (χ1v) is 20.4. The Kier molecular flexibility index (Phi) is 7.20. The minimum absolute atomic E-state index is 0.0598. The summed E-state index contributed by atoms with van der Waals surface area (Å²) in [6.07, 6.45) is 7.24. The summed E-state index contributed by atoms with van der Waals surface area (Å²) < 4.78 is 7.79. The van der Waals surface area contributed by atoms with Crippen LogP contribution in [0.4, 0.5) is 0 Å². The van der Waals surface area contributed by atoms with Crippen molar-refractivity contribution < 1.29 is 9.14 Å². The van der Waals surface area contributed by atoms with Crippen LogP contribution in [0.5, 0.6) is 0 Å². The lowest BCUT2D eigenvalue weighted by atomic mass is 9.74. The summed E-state index contributed by atoms with van der Waals surface area (Å²) in [5.41, 5.74) is 9.49. The van der Waals surface area contributed by atoms with Crippen LogP contribution in [0, 0.1) is 5.92 Å². The van der Waals surface area contributed by atoms with E-state index in [4.69, 9.17) is 4.98 Å². The highest BCUT2D eigenvalue weighted by molar-refractivity contribution is 6.18. The molecule has 0 radical (unpaired) electrons. The fourth-order valence-electron chi connectivity index (χ4n) is 11.6. The van der Waals surface area contributed by atoms with Crippen LogP contribution in [-0.4, -0.2) is 43.0 Å². The highest BCUT2D eigenvalue weighted by atomic mass is 15.5. The quantitative estimate of drug-likeness (QED) is 0.170. The third-order valence-electron chi connectivity index (χ3n) is 14.0. The maximum absolute atomic E-state index is 5.51. The Morgan fingerprint density at radius 1 is 0.778 bits per heavy atom. The van der Waals surface area contributed by atoms with Gasteiger partial charge in [0.15, 0.2) is 6.21 Å². The first kappa shape index (κ1) is 35.2. The predicted molar refractivity (Wildman–Crippen MR) is 227 cm³/mol. The van der Waals surface area contributed by atoms with Crippen molar-refractivity contribution in [3.8, 4) is 11.3 Å². The molecular formula is C49H59N5+2. The number of rotatable bonds is 4. The molecule has 5 nitrogen and oxygen atoms in total. The molecular weight excluding hydrogens is 659 g/mol. The molecule has 1 aliphatic carbocycles. The van der Waals surface area contributed by atoms with Gasteiger partial charge in [-0.2, -0.15) is 0 Å². The van der Waals surface area contributed by atoms with Crippen molar-refractivity contribution in [3.63, 3.8) is 0 Å². The summed E-state index contributed by atoms with van der Waals surface area (Å²) in [6.45, 7) is 31.1. The van der Waals surface area contributed by atoms with Gasteiger partial charge in [-0.3, -0.25) is 0 Å². The van der Waals surface area contributed by atoms with Gasteiger partial charge in [-0.15, -0.1) is 0 Å². The van der Waals surface area contributed by atoms with E-state index in [0.717, 1.165) is 5.65 Å². The van der Waals surface area contributed by atoms with Crippen molar-refractivity contribution in [2.75, 3.05) is 0 Å². The molecule has 54 heavy (non-hydrogen) atoms. The number of aromatic nitrogens is 3. The summed E-state index contributed by atoms with van der Waals surface area (Å²) in [6, 6.07) is 23.8. The Morgan fingerprint density at radius 2 is 1.43 bits per heavy atom. The van der Waals surface area contributed by atoms with Gasteiger partial charge in [0.25, 0.3) is 17.6 Å². The molecule has 2 aliphatic heterocycles. The molecule has 3 unspecified atom stereocenters. The van der Waals surface area contributed by atoms with E-state index in [0.29, 0.717) is 11.8 Å². The Balaban J connectivity index is 1.55. The number of fused-ring (bicyclic) bond motifs is 15. The van der Waals surface area contributed by atoms with Crippen LogP contribution in [-0.2, 0) is 23.4 Å². The van der Waals surface area contributed by atoms with E-state index in [9.17, 15) is 0 Å². The van der Waals surface area contributed by atoms with Gasteiger partial charge in [0, 0.05) is 35.8 Å². The molecule has 6 aromatic rings. The third kappa shape index (κ3) is 3.94. The van der Waals surface area contributed by atoms with E-state index in [2.05, 4.69) is 195 Å². The molecule has 0 bridgehead atoms. The van der Waals surface area contributed by atoms with Crippen LogP contribution < -0.4 is 4.57 Å². The SMILES string of the molecule is CC(C)C1=CN(C(C)C)C2([N+](C(C)C)=C1)C1(C)c3c(cc(C(C)(C)C)c4ccccc34)-c3c4c5cc6ccccc6c(C(C)C)c5n(C)c4nc[n+]3C12C.